The van der Waals surface area contributed by atoms with Crippen LogP contribution in [0.25, 0.3) is 0 Å². The molecule has 0 spiro atoms. The van der Waals surface area contributed by atoms with Crippen molar-refractivity contribution in [1.29, 1.82) is 0 Å². The minimum absolute atomic E-state index is 0.0288. The summed E-state index contributed by atoms with van der Waals surface area (Å²) in [6.45, 7) is 0.840. The van der Waals surface area contributed by atoms with Crippen molar-refractivity contribution in [1.82, 2.24) is 10.2 Å². The average Bonchev–Trinajstić information content (AvgIpc) is 2.62. The van der Waals surface area contributed by atoms with Gasteiger partial charge < -0.3 is 19.7 Å². The quantitative estimate of drug-likeness (QED) is 0.672. The highest BCUT2D eigenvalue weighted by Crippen LogP contribution is 2.27. The maximum absolute atomic E-state index is 12.2. The maximum Gasteiger partial charge on any atom is 0.223 e. The van der Waals surface area contributed by atoms with Gasteiger partial charge in [0.15, 0.2) is 0 Å². The molecule has 1 atom stereocenters. The molecule has 0 saturated carbocycles. The lowest BCUT2D eigenvalue weighted by molar-refractivity contribution is -0.121. The number of nitrogens with one attached hydrogen (secondary N) is 1. The van der Waals surface area contributed by atoms with Crippen molar-refractivity contribution in [3.8, 4) is 11.5 Å². The first-order chi connectivity index (χ1) is 12.5. The Morgan fingerprint density at radius 1 is 1.19 bits per heavy atom. The van der Waals surface area contributed by atoms with Gasteiger partial charge in [0, 0.05) is 16.6 Å². The number of amides is 1. The SMILES string of the molecule is COc1ccccc1C(CNC(=O)CCOc1cccc(Br)c1)N(C)C. The van der Waals surface area contributed by atoms with Crippen LogP contribution in [0.3, 0.4) is 0 Å². The zero-order valence-electron chi connectivity index (χ0n) is 15.4. The van der Waals surface area contributed by atoms with Gasteiger partial charge in [0.05, 0.1) is 26.2 Å². The predicted molar refractivity (Wildman–Crippen MR) is 107 cm³/mol. The molecule has 140 valence electrons. The van der Waals surface area contributed by atoms with Crippen LogP contribution in [-0.4, -0.2) is 45.2 Å². The molecule has 0 aliphatic heterocycles. The molecule has 0 radical (unpaired) electrons. The van der Waals surface area contributed by atoms with Crippen LogP contribution in [0.15, 0.2) is 53.0 Å². The molecular formula is C20H25BrN2O3. The van der Waals surface area contributed by atoms with E-state index in [1.807, 2.05) is 62.6 Å². The number of hydrogen-bond donors (Lipinski definition) is 1. The van der Waals surface area contributed by atoms with Gasteiger partial charge in [-0.2, -0.15) is 0 Å². The summed E-state index contributed by atoms with van der Waals surface area (Å²) in [7, 11) is 5.63. The molecule has 2 aromatic carbocycles. The van der Waals surface area contributed by atoms with Crippen LogP contribution in [0, 0.1) is 0 Å². The largest absolute Gasteiger partial charge is 0.496 e. The standard InChI is InChI=1S/C20H25BrN2O3/c1-23(2)18(17-9-4-5-10-19(17)25-3)14-22-20(24)11-12-26-16-8-6-7-15(21)13-16/h4-10,13,18H,11-12,14H2,1-3H3,(H,22,24). The van der Waals surface area contributed by atoms with Crippen LogP contribution in [0.4, 0.5) is 0 Å². The Hall–Kier alpha value is -2.05. The van der Waals surface area contributed by atoms with Crippen LogP contribution >= 0.6 is 15.9 Å². The van der Waals surface area contributed by atoms with E-state index in [2.05, 4.69) is 26.1 Å². The highest BCUT2D eigenvalue weighted by atomic mass is 79.9. The van der Waals surface area contributed by atoms with E-state index in [0.717, 1.165) is 21.5 Å². The fraction of sp³-hybridized carbons (Fsp3) is 0.350. The van der Waals surface area contributed by atoms with Gasteiger partial charge in [0.2, 0.25) is 5.91 Å². The second kappa shape index (κ2) is 10.2. The van der Waals surface area contributed by atoms with Crippen molar-refractivity contribution in [3.63, 3.8) is 0 Å². The van der Waals surface area contributed by atoms with E-state index in [1.165, 1.54) is 0 Å². The van der Waals surface area contributed by atoms with E-state index >= 15 is 0 Å². The number of rotatable bonds is 9. The third-order valence-electron chi connectivity index (χ3n) is 4.01. The highest BCUT2D eigenvalue weighted by molar-refractivity contribution is 9.10. The molecule has 0 saturated heterocycles. The van der Waals surface area contributed by atoms with Crippen molar-refractivity contribution in [2.24, 2.45) is 0 Å². The molecule has 6 heteroatoms. The first kappa shape index (κ1) is 20.3. The molecule has 2 aromatic rings. The van der Waals surface area contributed by atoms with E-state index in [1.54, 1.807) is 7.11 Å². The Morgan fingerprint density at radius 3 is 2.65 bits per heavy atom. The predicted octanol–water partition coefficient (Wildman–Crippen LogP) is 3.65. The number of ether oxygens (including phenoxy) is 2. The molecule has 0 aromatic heterocycles. The van der Waals surface area contributed by atoms with Crippen LogP contribution in [0.5, 0.6) is 11.5 Å². The molecule has 0 heterocycles. The molecule has 1 unspecified atom stereocenters. The smallest absolute Gasteiger partial charge is 0.223 e. The molecule has 26 heavy (non-hydrogen) atoms. The number of carbonyl (C=O) groups excluding carboxylic acids is 1. The minimum Gasteiger partial charge on any atom is -0.496 e. The molecule has 0 bridgehead atoms. The summed E-state index contributed by atoms with van der Waals surface area (Å²) in [6.07, 6.45) is 0.304. The van der Waals surface area contributed by atoms with Crippen LogP contribution in [-0.2, 0) is 4.79 Å². The molecule has 0 aliphatic rings. The fourth-order valence-electron chi connectivity index (χ4n) is 2.63. The number of methoxy groups -OCH3 is 1. The lowest BCUT2D eigenvalue weighted by atomic mass is 10.0. The van der Waals surface area contributed by atoms with Crippen LogP contribution in [0.2, 0.25) is 0 Å². The normalized spacial score (nSPS) is 11.9. The Morgan fingerprint density at radius 2 is 1.96 bits per heavy atom. The van der Waals surface area contributed by atoms with E-state index in [9.17, 15) is 4.79 Å². The summed E-state index contributed by atoms with van der Waals surface area (Å²) in [6, 6.07) is 15.5. The lowest BCUT2D eigenvalue weighted by Crippen LogP contribution is -2.35. The number of likely N-dealkylation sites (N-methyl/N-ethyl adjacent to an activating group) is 1. The van der Waals surface area contributed by atoms with E-state index in [4.69, 9.17) is 9.47 Å². The van der Waals surface area contributed by atoms with E-state index in [0.29, 0.717) is 19.6 Å². The fourth-order valence-corrected chi connectivity index (χ4v) is 3.01. The second-order valence-electron chi connectivity index (χ2n) is 6.08. The summed E-state index contributed by atoms with van der Waals surface area (Å²) in [5, 5.41) is 2.99. The summed E-state index contributed by atoms with van der Waals surface area (Å²) in [5.41, 5.74) is 1.05. The Bertz CT molecular complexity index is 722. The topological polar surface area (TPSA) is 50.8 Å². The van der Waals surface area contributed by atoms with Gasteiger partial charge >= 0.3 is 0 Å². The zero-order chi connectivity index (χ0) is 18.9. The minimum atomic E-state index is -0.0401. The second-order valence-corrected chi connectivity index (χ2v) is 7.00. The van der Waals surface area contributed by atoms with Crippen molar-refractivity contribution < 1.29 is 14.3 Å². The van der Waals surface area contributed by atoms with Gasteiger partial charge in [0.25, 0.3) is 0 Å². The number of benzene rings is 2. The third-order valence-corrected chi connectivity index (χ3v) is 4.50. The van der Waals surface area contributed by atoms with Gasteiger partial charge in [-0.25, -0.2) is 0 Å². The molecule has 1 N–H and O–H groups in total. The molecular weight excluding hydrogens is 396 g/mol. The molecule has 5 nitrogen and oxygen atoms in total. The van der Waals surface area contributed by atoms with Gasteiger partial charge in [0.1, 0.15) is 11.5 Å². The maximum atomic E-state index is 12.2. The first-order valence-corrected chi connectivity index (χ1v) is 9.25. The van der Waals surface area contributed by atoms with E-state index < -0.39 is 0 Å². The molecule has 0 aliphatic carbocycles. The number of hydrogen-bond acceptors (Lipinski definition) is 4. The van der Waals surface area contributed by atoms with Gasteiger partial charge in [-0.15, -0.1) is 0 Å². The zero-order valence-corrected chi connectivity index (χ0v) is 17.0. The van der Waals surface area contributed by atoms with Crippen molar-refractivity contribution >= 4 is 21.8 Å². The molecule has 0 fully saturated rings. The molecule has 2 rings (SSSR count). The van der Waals surface area contributed by atoms with Crippen LogP contribution < -0.4 is 14.8 Å². The Kier molecular flexibility index (Phi) is 7.94. The number of nitrogens with zero attached hydrogens (tertiary/aromatic N) is 1. The van der Waals surface area contributed by atoms with Crippen LogP contribution in [0.1, 0.15) is 18.0 Å². The summed E-state index contributed by atoms with van der Waals surface area (Å²) in [5.74, 6) is 1.52. The van der Waals surface area contributed by atoms with E-state index in [-0.39, 0.29) is 11.9 Å². The summed E-state index contributed by atoms with van der Waals surface area (Å²) >= 11 is 3.40. The highest BCUT2D eigenvalue weighted by Gasteiger charge is 2.18. The molecule has 1 amide bonds. The van der Waals surface area contributed by atoms with Crippen molar-refractivity contribution in [3.05, 3.63) is 58.6 Å². The Labute approximate surface area is 163 Å². The van der Waals surface area contributed by atoms with Crippen molar-refractivity contribution in [2.75, 3.05) is 34.4 Å². The number of halogens is 1. The summed E-state index contributed by atoms with van der Waals surface area (Å²) in [4.78, 5) is 14.2. The monoisotopic (exact) mass is 420 g/mol. The van der Waals surface area contributed by atoms with Gasteiger partial charge in [-0.1, -0.05) is 40.2 Å². The third kappa shape index (κ3) is 6.04. The van der Waals surface area contributed by atoms with Crippen molar-refractivity contribution in [2.45, 2.75) is 12.5 Å². The lowest BCUT2D eigenvalue weighted by Gasteiger charge is -2.26. The summed E-state index contributed by atoms with van der Waals surface area (Å²) < 4.78 is 12.0. The van der Waals surface area contributed by atoms with Gasteiger partial charge in [-0.05, 0) is 38.4 Å². The first-order valence-electron chi connectivity index (χ1n) is 8.45. The Balaban J connectivity index is 1.85. The average molecular weight is 421 g/mol. The number of carbonyl (C=O) groups is 1. The number of para-hydroxylation sites is 1. The van der Waals surface area contributed by atoms with Gasteiger partial charge in [-0.3, -0.25) is 4.79 Å².